The summed E-state index contributed by atoms with van der Waals surface area (Å²) in [7, 11) is 0. The molecule has 0 unspecified atom stereocenters. The van der Waals surface area contributed by atoms with Crippen LogP contribution in [0.25, 0.3) is 0 Å². The van der Waals surface area contributed by atoms with Crippen molar-refractivity contribution in [3.63, 3.8) is 0 Å². The summed E-state index contributed by atoms with van der Waals surface area (Å²) in [6.07, 6.45) is 6.62. The first-order valence-corrected chi connectivity index (χ1v) is 8.29. The molecule has 3 heteroatoms. The molecular weight excluding hydrogens is 383 g/mol. The van der Waals surface area contributed by atoms with Gasteiger partial charge >= 0.3 is 0 Å². The molecule has 0 amide bonds. The molecule has 1 atom stereocenters. The van der Waals surface area contributed by atoms with Crippen molar-refractivity contribution in [1.82, 2.24) is 0 Å². The van der Waals surface area contributed by atoms with Gasteiger partial charge in [-0.2, -0.15) is 0 Å². The number of hydrogen-bond acceptors (Lipinski definition) is 1. The molecule has 1 aromatic rings. The van der Waals surface area contributed by atoms with E-state index in [9.17, 15) is 0 Å². The van der Waals surface area contributed by atoms with Crippen molar-refractivity contribution in [3.05, 3.63) is 18.3 Å². The molecule has 0 spiro atoms. The minimum atomic E-state index is 0.867. The summed E-state index contributed by atoms with van der Waals surface area (Å²) in [4.78, 5) is 0. The minimum Gasteiger partial charge on any atom is -0.122 e. The lowest BCUT2D eigenvalue weighted by Crippen LogP contribution is -2.02. The van der Waals surface area contributed by atoms with Crippen molar-refractivity contribution in [3.8, 4) is 0 Å². The lowest BCUT2D eigenvalue weighted by Gasteiger charge is -2.13. The Morgan fingerprint density at radius 2 is 2.20 bits per heavy atom. The number of thiophene rings is 1. The van der Waals surface area contributed by atoms with E-state index in [0.717, 1.165) is 5.92 Å². The van der Waals surface area contributed by atoms with E-state index in [-0.39, 0.29) is 0 Å². The van der Waals surface area contributed by atoms with E-state index in [2.05, 4.69) is 58.4 Å². The first-order valence-electron chi connectivity index (χ1n) is 5.61. The summed E-state index contributed by atoms with van der Waals surface area (Å²) in [5.41, 5.74) is 1.51. The zero-order chi connectivity index (χ0) is 11.3. The van der Waals surface area contributed by atoms with Gasteiger partial charge in [-0.05, 0) is 62.5 Å². The summed E-state index contributed by atoms with van der Waals surface area (Å²) in [5.74, 6) is 0.867. The average Bonchev–Trinajstić information content (AvgIpc) is 2.52. The highest BCUT2D eigenvalue weighted by Gasteiger charge is 2.11. The molecule has 0 N–H and O–H groups in total. The number of unbranched alkanes of at least 4 members (excludes halogenated alkanes) is 1. The van der Waals surface area contributed by atoms with Crippen LogP contribution in [0.15, 0.2) is 9.85 Å². The van der Waals surface area contributed by atoms with Crippen molar-refractivity contribution < 1.29 is 0 Å². The Hall–Kier alpha value is 0.910. The first-order chi connectivity index (χ1) is 7.17. The third-order valence-electron chi connectivity index (χ3n) is 2.78. The monoisotopic (exact) mass is 400 g/mol. The zero-order valence-corrected chi connectivity index (χ0v) is 13.9. The van der Waals surface area contributed by atoms with Gasteiger partial charge in [0.1, 0.15) is 0 Å². The van der Waals surface area contributed by atoms with Gasteiger partial charge in [-0.3, -0.25) is 0 Å². The van der Waals surface area contributed by atoms with Crippen LogP contribution in [0.5, 0.6) is 0 Å². The summed E-state index contributed by atoms with van der Waals surface area (Å²) >= 11 is 7.91. The van der Waals surface area contributed by atoms with E-state index < -0.39 is 0 Å². The molecule has 86 valence electrons. The van der Waals surface area contributed by atoms with Gasteiger partial charge in [0.05, 0.1) is 6.67 Å². The molecule has 1 rings (SSSR count). The highest BCUT2D eigenvalue weighted by atomic mass is 127. The maximum absolute atomic E-state index is 3.66. The molecule has 0 aliphatic rings. The van der Waals surface area contributed by atoms with Gasteiger partial charge in [0, 0.05) is 0 Å². The fourth-order valence-electron chi connectivity index (χ4n) is 1.77. The predicted octanol–water partition coefficient (Wildman–Crippen LogP) is 5.87. The second-order valence-corrected chi connectivity index (χ2v) is 8.23. The fourth-order valence-corrected chi connectivity index (χ4v) is 5.16. The van der Waals surface area contributed by atoms with E-state index in [1.54, 1.807) is 0 Å². The quantitative estimate of drug-likeness (QED) is 0.523. The Kier molecular flexibility index (Phi) is 6.78. The molecule has 0 aliphatic heterocycles. The standard InChI is InChI=1S/C12H18BrIS/c1-3-5-6-9(4-2)7-10-8-11(14)15-12(10)13/h8-9H,3-7H2,1-2H3/t9-/m0/s1. The van der Waals surface area contributed by atoms with Gasteiger partial charge in [0.15, 0.2) is 0 Å². The molecule has 0 nitrogen and oxygen atoms in total. The summed E-state index contributed by atoms with van der Waals surface area (Å²) in [6, 6.07) is 2.32. The van der Waals surface area contributed by atoms with Crippen molar-refractivity contribution in [2.45, 2.75) is 46.0 Å². The molecule has 0 saturated heterocycles. The predicted molar refractivity (Wildman–Crippen MR) is 81.7 cm³/mol. The number of rotatable bonds is 6. The van der Waals surface area contributed by atoms with Crippen molar-refractivity contribution in [1.29, 1.82) is 0 Å². The Labute approximate surface area is 119 Å². The molecule has 1 heterocycles. The molecule has 0 aromatic carbocycles. The van der Waals surface area contributed by atoms with Crippen LogP contribution >= 0.6 is 49.9 Å². The third-order valence-corrected chi connectivity index (χ3v) is 5.50. The van der Waals surface area contributed by atoms with Crippen LogP contribution in [-0.2, 0) is 6.42 Å². The van der Waals surface area contributed by atoms with E-state index in [1.165, 1.54) is 44.3 Å². The average molecular weight is 401 g/mol. The SMILES string of the molecule is CCCC[C@H](CC)Cc1cc(I)sc1Br. The molecule has 0 radical (unpaired) electrons. The summed E-state index contributed by atoms with van der Waals surface area (Å²) in [6.45, 7) is 4.59. The second-order valence-electron chi connectivity index (χ2n) is 3.97. The maximum Gasteiger partial charge on any atom is 0.0741 e. The van der Waals surface area contributed by atoms with Crippen LogP contribution in [0.2, 0.25) is 0 Å². The van der Waals surface area contributed by atoms with Crippen molar-refractivity contribution >= 4 is 49.9 Å². The van der Waals surface area contributed by atoms with Gasteiger partial charge < -0.3 is 0 Å². The van der Waals surface area contributed by atoms with Gasteiger partial charge in [0.2, 0.25) is 0 Å². The molecule has 1 aromatic heterocycles. The molecule has 0 aliphatic carbocycles. The number of halogens is 2. The minimum absolute atomic E-state index is 0.867. The largest absolute Gasteiger partial charge is 0.122 e. The second kappa shape index (κ2) is 7.28. The van der Waals surface area contributed by atoms with Crippen LogP contribution in [-0.4, -0.2) is 0 Å². The van der Waals surface area contributed by atoms with Crippen molar-refractivity contribution in [2.24, 2.45) is 5.92 Å². The van der Waals surface area contributed by atoms with Crippen molar-refractivity contribution in [2.75, 3.05) is 0 Å². The van der Waals surface area contributed by atoms with Crippen LogP contribution < -0.4 is 0 Å². The molecular formula is C12H18BrIS. The maximum atomic E-state index is 3.66. The van der Waals surface area contributed by atoms with Crippen LogP contribution in [0, 0.1) is 8.80 Å². The Bertz CT molecular complexity index is 296. The van der Waals surface area contributed by atoms with Gasteiger partial charge in [-0.15, -0.1) is 11.3 Å². The smallest absolute Gasteiger partial charge is 0.0741 e. The summed E-state index contributed by atoms with van der Waals surface area (Å²) in [5, 5.41) is 0. The molecule has 0 saturated carbocycles. The lowest BCUT2D eigenvalue weighted by atomic mass is 9.93. The zero-order valence-electron chi connectivity index (χ0n) is 9.35. The third kappa shape index (κ3) is 4.73. The van der Waals surface area contributed by atoms with Crippen LogP contribution in [0.4, 0.5) is 0 Å². The Morgan fingerprint density at radius 3 is 2.67 bits per heavy atom. The molecule has 0 bridgehead atoms. The Morgan fingerprint density at radius 1 is 1.47 bits per heavy atom. The number of hydrogen-bond donors (Lipinski definition) is 0. The van der Waals surface area contributed by atoms with E-state index in [0.29, 0.717) is 0 Å². The van der Waals surface area contributed by atoms with Crippen LogP contribution in [0.1, 0.15) is 45.1 Å². The van der Waals surface area contributed by atoms with Gasteiger partial charge in [-0.1, -0.05) is 39.5 Å². The Balaban J connectivity index is 2.54. The normalized spacial score (nSPS) is 13.1. The fraction of sp³-hybridized carbons (Fsp3) is 0.667. The molecule has 15 heavy (non-hydrogen) atoms. The first kappa shape index (κ1) is 14.0. The van der Waals surface area contributed by atoms with Gasteiger partial charge in [-0.25, -0.2) is 0 Å². The van der Waals surface area contributed by atoms with E-state index in [4.69, 9.17) is 0 Å². The van der Waals surface area contributed by atoms with Gasteiger partial charge in [0.25, 0.3) is 0 Å². The van der Waals surface area contributed by atoms with Crippen LogP contribution in [0.3, 0.4) is 0 Å². The van der Waals surface area contributed by atoms with E-state index in [1.807, 2.05) is 11.3 Å². The lowest BCUT2D eigenvalue weighted by molar-refractivity contribution is 0.449. The topological polar surface area (TPSA) is 0 Å². The summed E-state index contributed by atoms with van der Waals surface area (Å²) < 4.78 is 2.72. The molecule has 0 fully saturated rings. The van der Waals surface area contributed by atoms with E-state index >= 15 is 0 Å². The highest BCUT2D eigenvalue weighted by Crippen LogP contribution is 2.32. The highest BCUT2D eigenvalue weighted by molar-refractivity contribution is 14.1.